The van der Waals surface area contributed by atoms with Crippen molar-refractivity contribution in [1.82, 2.24) is 0 Å². The van der Waals surface area contributed by atoms with Crippen LogP contribution in [0.5, 0.6) is 5.75 Å². The zero-order valence-electron chi connectivity index (χ0n) is 12.0. The molecule has 0 spiro atoms. The van der Waals surface area contributed by atoms with Crippen molar-refractivity contribution >= 4 is 17.4 Å². The van der Waals surface area contributed by atoms with Gasteiger partial charge in [0.15, 0.2) is 12.4 Å². The highest BCUT2D eigenvalue weighted by Gasteiger charge is 2.28. The van der Waals surface area contributed by atoms with Crippen molar-refractivity contribution in [2.45, 2.75) is 6.92 Å². The summed E-state index contributed by atoms with van der Waals surface area (Å²) in [5.41, 5.74) is 1.85. The normalized spacial score (nSPS) is 13.5. The van der Waals surface area contributed by atoms with Crippen LogP contribution in [-0.2, 0) is 4.79 Å². The molecule has 1 aliphatic rings. The summed E-state index contributed by atoms with van der Waals surface area (Å²) in [4.78, 5) is 25.6. The van der Waals surface area contributed by atoms with Crippen LogP contribution in [0.1, 0.15) is 15.9 Å². The molecular formula is C17H14FNO3. The van der Waals surface area contributed by atoms with Crippen LogP contribution < -0.4 is 9.64 Å². The van der Waals surface area contributed by atoms with E-state index < -0.39 is 5.82 Å². The predicted molar refractivity (Wildman–Crippen MR) is 79.8 cm³/mol. The Balaban J connectivity index is 1.88. The average Bonchev–Trinajstić information content (AvgIpc) is 2.51. The van der Waals surface area contributed by atoms with Gasteiger partial charge in [-0.1, -0.05) is 29.8 Å². The topological polar surface area (TPSA) is 46.6 Å². The van der Waals surface area contributed by atoms with E-state index in [9.17, 15) is 14.0 Å². The lowest BCUT2D eigenvalue weighted by Crippen LogP contribution is -2.42. The van der Waals surface area contributed by atoms with Crippen molar-refractivity contribution < 1.29 is 18.7 Å². The summed E-state index contributed by atoms with van der Waals surface area (Å²) in [6.07, 6.45) is 0. The molecule has 5 heteroatoms. The summed E-state index contributed by atoms with van der Waals surface area (Å²) in [6, 6.07) is 11.0. The highest BCUT2D eigenvalue weighted by Crippen LogP contribution is 2.32. The van der Waals surface area contributed by atoms with Crippen molar-refractivity contribution in [1.29, 1.82) is 0 Å². The third kappa shape index (κ3) is 2.70. The number of nitrogens with zero attached hydrogens (tertiary/aromatic N) is 1. The highest BCUT2D eigenvalue weighted by atomic mass is 19.1. The number of aryl methyl sites for hydroxylation is 1. The van der Waals surface area contributed by atoms with Gasteiger partial charge in [-0.3, -0.25) is 14.5 Å². The minimum absolute atomic E-state index is 0.137. The number of amides is 1. The van der Waals surface area contributed by atoms with Crippen LogP contribution in [-0.4, -0.2) is 24.8 Å². The zero-order valence-corrected chi connectivity index (χ0v) is 12.0. The Bertz CT molecular complexity index is 740. The van der Waals surface area contributed by atoms with Crippen molar-refractivity contribution in [3.8, 4) is 5.75 Å². The van der Waals surface area contributed by atoms with Gasteiger partial charge in [0, 0.05) is 11.6 Å². The number of fused-ring (bicyclic) bond motifs is 1. The molecule has 0 aliphatic carbocycles. The van der Waals surface area contributed by atoms with E-state index >= 15 is 0 Å². The van der Waals surface area contributed by atoms with Gasteiger partial charge in [0.25, 0.3) is 5.91 Å². The molecule has 4 nitrogen and oxygen atoms in total. The molecule has 0 radical (unpaired) electrons. The molecule has 2 aromatic carbocycles. The quantitative estimate of drug-likeness (QED) is 0.819. The van der Waals surface area contributed by atoms with E-state index in [0.717, 1.165) is 5.56 Å². The van der Waals surface area contributed by atoms with E-state index in [4.69, 9.17) is 4.74 Å². The first-order valence-corrected chi connectivity index (χ1v) is 6.87. The lowest BCUT2D eigenvalue weighted by Gasteiger charge is -2.28. The number of rotatable bonds is 3. The number of ether oxygens (including phenoxy) is 1. The molecule has 0 saturated carbocycles. The van der Waals surface area contributed by atoms with Crippen molar-refractivity contribution in [3.63, 3.8) is 0 Å². The SMILES string of the molecule is Cc1ccc(C(=O)CN2C(=O)COc3ccc(F)cc32)cc1. The number of Topliss-reactive ketones (excluding diaryl/α,β-unsaturated/α-hetero) is 1. The van der Waals surface area contributed by atoms with Gasteiger partial charge in [-0.05, 0) is 19.1 Å². The average molecular weight is 299 g/mol. The smallest absolute Gasteiger partial charge is 0.265 e. The molecule has 0 atom stereocenters. The summed E-state index contributed by atoms with van der Waals surface area (Å²) < 4.78 is 18.7. The first-order chi connectivity index (χ1) is 10.5. The van der Waals surface area contributed by atoms with Gasteiger partial charge in [0.2, 0.25) is 0 Å². The van der Waals surface area contributed by atoms with E-state index in [0.29, 0.717) is 11.3 Å². The summed E-state index contributed by atoms with van der Waals surface area (Å²) in [5, 5.41) is 0. The standard InChI is InChI=1S/C17H14FNO3/c1-11-2-4-12(5-3-11)15(20)9-19-14-8-13(18)6-7-16(14)22-10-17(19)21/h2-8H,9-10H2,1H3. The highest BCUT2D eigenvalue weighted by molar-refractivity contribution is 6.07. The van der Waals surface area contributed by atoms with Crippen LogP contribution in [0.2, 0.25) is 0 Å². The summed E-state index contributed by atoms with van der Waals surface area (Å²) in [5.74, 6) is -0.647. The molecule has 2 aromatic rings. The molecule has 0 saturated heterocycles. The summed E-state index contributed by atoms with van der Waals surface area (Å²) in [7, 11) is 0. The number of halogens is 1. The second-order valence-electron chi connectivity index (χ2n) is 5.17. The maximum atomic E-state index is 13.4. The second-order valence-corrected chi connectivity index (χ2v) is 5.17. The Morgan fingerprint density at radius 1 is 1.23 bits per heavy atom. The first-order valence-electron chi connectivity index (χ1n) is 6.87. The number of benzene rings is 2. The molecule has 112 valence electrons. The molecule has 1 amide bonds. The van der Waals surface area contributed by atoms with E-state index in [1.165, 1.54) is 23.1 Å². The summed E-state index contributed by atoms with van der Waals surface area (Å²) >= 11 is 0. The molecule has 0 bridgehead atoms. The van der Waals surface area contributed by atoms with Crippen molar-refractivity contribution in [2.24, 2.45) is 0 Å². The van der Waals surface area contributed by atoms with E-state index in [2.05, 4.69) is 0 Å². The van der Waals surface area contributed by atoms with Gasteiger partial charge in [-0.25, -0.2) is 4.39 Å². The largest absolute Gasteiger partial charge is 0.482 e. The first kappa shape index (κ1) is 14.3. The third-order valence-corrected chi connectivity index (χ3v) is 3.54. The number of hydrogen-bond donors (Lipinski definition) is 0. The monoisotopic (exact) mass is 299 g/mol. The lowest BCUT2D eigenvalue weighted by molar-refractivity contribution is -0.121. The maximum Gasteiger partial charge on any atom is 0.265 e. The van der Waals surface area contributed by atoms with Crippen LogP contribution in [0.3, 0.4) is 0 Å². The molecule has 1 heterocycles. The van der Waals surface area contributed by atoms with Gasteiger partial charge >= 0.3 is 0 Å². The van der Waals surface area contributed by atoms with E-state index in [-0.39, 0.29) is 30.5 Å². The number of hydrogen-bond acceptors (Lipinski definition) is 3. The van der Waals surface area contributed by atoms with Gasteiger partial charge in [-0.15, -0.1) is 0 Å². The van der Waals surface area contributed by atoms with Crippen LogP contribution in [0.4, 0.5) is 10.1 Å². The number of ketones is 1. The minimum Gasteiger partial charge on any atom is -0.482 e. The molecule has 22 heavy (non-hydrogen) atoms. The molecule has 0 fully saturated rings. The van der Waals surface area contributed by atoms with Crippen LogP contribution in [0.15, 0.2) is 42.5 Å². The van der Waals surface area contributed by atoms with Gasteiger partial charge < -0.3 is 4.74 Å². The Kier molecular flexibility index (Phi) is 3.63. The molecule has 0 unspecified atom stereocenters. The Morgan fingerprint density at radius 3 is 2.68 bits per heavy atom. The van der Waals surface area contributed by atoms with Gasteiger partial charge in [0.1, 0.15) is 11.6 Å². The Hall–Kier alpha value is -2.69. The fourth-order valence-electron chi connectivity index (χ4n) is 2.32. The molecule has 0 N–H and O–H groups in total. The van der Waals surface area contributed by atoms with E-state index in [1.54, 1.807) is 12.1 Å². The molecule has 3 rings (SSSR count). The summed E-state index contributed by atoms with van der Waals surface area (Å²) in [6.45, 7) is 1.64. The maximum absolute atomic E-state index is 13.4. The lowest BCUT2D eigenvalue weighted by atomic mass is 10.1. The molecular weight excluding hydrogens is 285 g/mol. The van der Waals surface area contributed by atoms with Gasteiger partial charge in [0.05, 0.1) is 12.2 Å². The molecule has 1 aliphatic heterocycles. The van der Waals surface area contributed by atoms with Crippen molar-refractivity contribution in [3.05, 3.63) is 59.4 Å². The van der Waals surface area contributed by atoms with Crippen LogP contribution >= 0.6 is 0 Å². The Morgan fingerprint density at radius 2 is 1.95 bits per heavy atom. The number of anilines is 1. The second kappa shape index (κ2) is 5.60. The fraction of sp³-hybridized carbons (Fsp3) is 0.176. The van der Waals surface area contributed by atoms with Crippen molar-refractivity contribution in [2.75, 3.05) is 18.1 Å². The van der Waals surface area contributed by atoms with Crippen LogP contribution in [0, 0.1) is 12.7 Å². The third-order valence-electron chi connectivity index (χ3n) is 3.54. The fourth-order valence-corrected chi connectivity index (χ4v) is 2.32. The number of carbonyl (C=O) groups excluding carboxylic acids is 2. The number of carbonyl (C=O) groups is 2. The predicted octanol–water partition coefficient (Wildman–Crippen LogP) is 2.74. The van der Waals surface area contributed by atoms with Crippen LogP contribution in [0.25, 0.3) is 0 Å². The van der Waals surface area contributed by atoms with Gasteiger partial charge in [-0.2, -0.15) is 0 Å². The zero-order chi connectivity index (χ0) is 15.7. The van der Waals surface area contributed by atoms with E-state index in [1.807, 2.05) is 19.1 Å². The molecule has 0 aromatic heterocycles. The minimum atomic E-state index is -0.482. The Labute approximate surface area is 127 Å².